The van der Waals surface area contributed by atoms with Crippen LogP contribution in [0.3, 0.4) is 0 Å². The third-order valence-corrected chi connectivity index (χ3v) is 9.49. The predicted octanol–water partition coefficient (Wildman–Crippen LogP) is 6.82. The van der Waals surface area contributed by atoms with Gasteiger partial charge in [0.05, 0.1) is 6.20 Å². The van der Waals surface area contributed by atoms with Gasteiger partial charge in [0.15, 0.2) is 11.6 Å². The van der Waals surface area contributed by atoms with E-state index in [0.29, 0.717) is 28.9 Å². The number of anilines is 1. The number of carbonyl (C=O) groups is 1. The molecule has 0 unspecified atom stereocenters. The average molecular weight is 655 g/mol. The zero-order valence-electron chi connectivity index (χ0n) is 28.3. The molecule has 2 aliphatic carbocycles. The molecule has 2 saturated carbocycles. The molecule has 0 atom stereocenters. The van der Waals surface area contributed by atoms with Gasteiger partial charge in [0.25, 0.3) is 0 Å². The van der Waals surface area contributed by atoms with E-state index in [4.69, 9.17) is 15.2 Å². The van der Waals surface area contributed by atoms with Crippen molar-refractivity contribution >= 4 is 11.9 Å². The summed E-state index contributed by atoms with van der Waals surface area (Å²) in [6, 6.07) is 13.3. The highest BCUT2D eigenvalue weighted by Crippen LogP contribution is 2.47. The van der Waals surface area contributed by atoms with E-state index in [-0.39, 0.29) is 18.0 Å². The maximum atomic E-state index is 14.7. The standard InChI is InChI=1S/C38H47FN6O3/c1-38(2,3)48-37(46)43-30-10-4-26(5-11-30)15-17-44-18-20-45(21-19-44)36-35(24-41-25-42-36)47-34-13-9-29(39)23-33(34)31-12-6-27(14-16-40)22-32(31)28-7-8-28/h6,9,12-13,22-26,28,30H,4-5,7-8,10-11,15,17-21,40H2,1-3H3,(H,43,46). The zero-order valence-corrected chi connectivity index (χ0v) is 28.3. The van der Waals surface area contributed by atoms with Gasteiger partial charge in [-0.1, -0.05) is 6.07 Å². The van der Waals surface area contributed by atoms with Crippen molar-refractivity contribution in [3.05, 3.63) is 65.9 Å². The third kappa shape index (κ3) is 8.75. The fourth-order valence-electron chi connectivity index (χ4n) is 6.86. The number of hydrogen-bond acceptors (Lipinski definition) is 8. The van der Waals surface area contributed by atoms with Crippen LogP contribution in [0.15, 0.2) is 48.9 Å². The Kier molecular flexibility index (Phi) is 10.4. The van der Waals surface area contributed by atoms with Crippen LogP contribution in [-0.4, -0.2) is 65.3 Å². The number of alkyl carbamates (subject to hydrolysis) is 1. The molecule has 3 aliphatic rings. The van der Waals surface area contributed by atoms with Crippen molar-refractivity contribution in [3.63, 3.8) is 0 Å². The quantitative estimate of drug-likeness (QED) is 0.191. The summed E-state index contributed by atoms with van der Waals surface area (Å²) in [5, 5.41) is 3.05. The highest BCUT2D eigenvalue weighted by atomic mass is 19.1. The Labute approximate surface area is 283 Å². The maximum absolute atomic E-state index is 14.7. The second kappa shape index (κ2) is 14.8. The molecule has 2 aromatic carbocycles. The molecule has 9 nitrogen and oxygen atoms in total. The number of aromatic nitrogens is 2. The van der Waals surface area contributed by atoms with Crippen molar-refractivity contribution in [1.29, 1.82) is 0 Å². The largest absolute Gasteiger partial charge is 0.451 e. The molecule has 0 spiro atoms. The molecule has 3 fully saturated rings. The number of halogens is 1. The smallest absolute Gasteiger partial charge is 0.407 e. The van der Waals surface area contributed by atoms with E-state index >= 15 is 0 Å². The number of nitrogens with zero attached hydrogens (tertiary/aromatic N) is 4. The molecule has 10 heteroatoms. The predicted molar refractivity (Wildman–Crippen MR) is 185 cm³/mol. The number of carbonyl (C=O) groups excluding carboxylic acids is 1. The van der Waals surface area contributed by atoms with Gasteiger partial charge in [0.1, 0.15) is 23.5 Å². The summed E-state index contributed by atoms with van der Waals surface area (Å²) in [7, 11) is 0. The van der Waals surface area contributed by atoms with E-state index in [1.807, 2.05) is 32.9 Å². The molecule has 3 aromatic rings. The van der Waals surface area contributed by atoms with Crippen LogP contribution in [0.2, 0.25) is 0 Å². The molecule has 0 bridgehead atoms. The normalized spacial score (nSPS) is 20.0. The Morgan fingerprint density at radius 2 is 1.77 bits per heavy atom. The lowest BCUT2D eigenvalue weighted by molar-refractivity contribution is 0.0485. The van der Waals surface area contributed by atoms with Crippen LogP contribution in [0.5, 0.6) is 11.5 Å². The average Bonchev–Trinajstić information content (AvgIpc) is 3.91. The van der Waals surface area contributed by atoms with E-state index < -0.39 is 5.60 Å². The minimum Gasteiger partial charge on any atom is -0.451 e. The summed E-state index contributed by atoms with van der Waals surface area (Å²) in [6.45, 7) is 10.2. The second-order valence-electron chi connectivity index (χ2n) is 14.3. The van der Waals surface area contributed by atoms with Crippen LogP contribution in [0.1, 0.15) is 82.8 Å². The molecule has 1 amide bonds. The minimum absolute atomic E-state index is 0.201. The molecule has 2 heterocycles. The summed E-state index contributed by atoms with van der Waals surface area (Å²) >= 11 is 0. The van der Waals surface area contributed by atoms with Crippen molar-refractivity contribution in [2.75, 3.05) is 37.6 Å². The van der Waals surface area contributed by atoms with Crippen molar-refractivity contribution in [1.82, 2.24) is 20.2 Å². The van der Waals surface area contributed by atoms with E-state index in [1.165, 1.54) is 12.1 Å². The molecular formula is C38H47FN6O3. The molecule has 1 saturated heterocycles. The van der Waals surface area contributed by atoms with Gasteiger partial charge in [-0.05, 0) is 131 Å². The molecule has 1 aliphatic heterocycles. The lowest BCUT2D eigenvalue weighted by Crippen LogP contribution is -2.47. The second-order valence-corrected chi connectivity index (χ2v) is 14.3. The summed E-state index contributed by atoms with van der Waals surface area (Å²) in [5.74, 6) is 5.56. The van der Waals surface area contributed by atoms with Crippen LogP contribution in [0.4, 0.5) is 15.0 Å². The van der Waals surface area contributed by atoms with Gasteiger partial charge in [-0.25, -0.2) is 19.2 Å². The first kappa shape index (κ1) is 33.5. The monoisotopic (exact) mass is 654 g/mol. The van der Waals surface area contributed by atoms with Gasteiger partial charge < -0.3 is 25.4 Å². The summed E-state index contributed by atoms with van der Waals surface area (Å²) < 4.78 is 26.6. The number of hydrogen-bond donors (Lipinski definition) is 2. The number of benzene rings is 2. The zero-order chi connectivity index (χ0) is 33.7. The number of rotatable bonds is 9. The molecule has 1 aromatic heterocycles. The number of amides is 1. The molecule has 0 radical (unpaired) electrons. The van der Waals surface area contributed by atoms with Crippen molar-refractivity contribution in [3.8, 4) is 34.6 Å². The Morgan fingerprint density at radius 1 is 1.00 bits per heavy atom. The topological polar surface area (TPSA) is 106 Å². The summed E-state index contributed by atoms with van der Waals surface area (Å²) in [5.41, 5.74) is 8.61. The maximum Gasteiger partial charge on any atom is 0.407 e. The number of ether oxygens (including phenoxy) is 2. The van der Waals surface area contributed by atoms with Crippen LogP contribution in [-0.2, 0) is 4.74 Å². The molecule has 254 valence electrons. The van der Waals surface area contributed by atoms with E-state index in [1.54, 1.807) is 18.6 Å². The van der Waals surface area contributed by atoms with E-state index in [9.17, 15) is 9.18 Å². The van der Waals surface area contributed by atoms with Crippen molar-refractivity contribution in [2.24, 2.45) is 11.7 Å². The van der Waals surface area contributed by atoms with Gasteiger partial charge in [-0.2, -0.15) is 0 Å². The first-order valence-electron chi connectivity index (χ1n) is 17.3. The van der Waals surface area contributed by atoms with Crippen molar-refractivity contribution in [2.45, 2.75) is 83.3 Å². The van der Waals surface area contributed by atoms with Crippen LogP contribution < -0.4 is 20.7 Å². The third-order valence-electron chi connectivity index (χ3n) is 9.49. The summed E-state index contributed by atoms with van der Waals surface area (Å²) in [6.07, 6.45) is 10.5. The lowest BCUT2D eigenvalue weighted by atomic mass is 9.84. The molecule has 3 N–H and O–H groups in total. The SMILES string of the molecule is CC(C)(C)OC(=O)NC1CCC(CCN2CCN(c3ncncc3Oc3ccc(F)cc3-c3ccc(C#CN)cc3C3CC3)CC2)CC1. The van der Waals surface area contributed by atoms with E-state index in [0.717, 1.165) is 100 Å². The van der Waals surface area contributed by atoms with E-state index in [2.05, 4.69) is 43.1 Å². The number of piperazine rings is 1. The van der Waals surface area contributed by atoms with Crippen LogP contribution in [0.25, 0.3) is 11.1 Å². The van der Waals surface area contributed by atoms with Gasteiger partial charge >= 0.3 is 6.09 Å². The highest BCUT2D eigenvalue weighted by molar-refractivity contribution is 5.76. The van der Waals surface area contributed by atoms with Crippen molar-refractivity contribution < 1.29 is 18.7 Å². The number of nitrogens with two attached hydrogens (primary N) is 1. The van der Waals surface area contributed by atoms with Gasteiger partial charge in [-0.3, -0.25) is 4.90 Å². The molecule has 6 rings (SSSR count). The highest BCUT2D eigenvalue weighted by Gasteiger charge is 2.29. The summed E-state index contributed by atoms with van der Waals surface area (Å²) in [4.78, 5) is 25.8. The fraction of sp³-hybridized carbons (Fsp3) is 0.500. The van der Waals surface area contributed by atoms with Gasteiger partial charge in [0.2, 0.25) is 0 Å². The van der Waals surface area contributed by atoms with Gasteiger partial charge in [0, 0.05) is 49.4 Å². The van der Waals surface area contributed by atoms with Crippen LogP contribution in [0, 0.1) is 23.7 Å². The Hall–Kier alpha value is -4.36. The lowest BCUT2D eigenvalue weighted by Gasteiger charge is -2.37. The Balaban J connectivity index is 1.05. The molecule has 48 heavy (non-hydrogen) atoms. The van der Waals surface area contributed by atoms with Gasteiger partial charge in [-0.15, -0.1) is 0 Å². The first-order valence-corrected chi connectivity index (χ1v) is 17.3. The molecular weight excluding hydrogens is 607 g/mol. The fourth-order valence-corrected chi connectivity index (χ4v) is 6.86. The Bertz CT molecular complexity index is 1640. The Morgan fingerprint density at radius 3 is 2.48 bits per heavy atom. The van der Waals surface area contributed by atoms with Crippen LogP contribution >= 0.6 is 0 Å². The number of nitrogens with one attached hydrogen (secondary N) is 1. The first-order chi connectivity index (χ1) is 23.1. The minimum atomic E-state index is -0.478.